The van der Waals surface area contributed by atoms with Crippen molar-refractivity contribution in [2.24, 2.45) is 0 Å². The van der Waals surface area contributed by atoms with Gasteiger partial charge in [0.1, 0.15) is 6.61 Å². The van der Waals surface area contributed by atoms with E-state index in [1.165, 1.54) is 12.8 Å². The van der Waals surface area contributed by atoms with Crippen LogP contribution in [0, 0.1) is 0 Å². The summed E-state index contributed by atoms with van der Waals surface area (Å²) in [6, 6.07) is 13.6. The number of anilines is 1. The molecule has 5 nitrogen and oxygen atoms in total. The molecular weight excluding hydrogens is 442 g/mol. The summed E-state index contributed by atoms with van der Waals surface area (Å²) in [6.45, 7) is 0.421. The van der Waals surface area contributed by atoms with Crippen LogP contribution >= 0.6 is 27.5 Å². The molecule has 1 saturated carbocycles. The van der Waals surface area contributed by atoms with E-state index in [-0.39, 0.29) is 12.3 Å². The highest BCUT2D eigenvalue weighted by Crippen LogP contribution is 2.35. The predicted molar refractivity (Wildman–Crippen MR) is 113 cm³/mol. The topological polar surface area (TPSA) is 56.1 Å². The fraction of sp³-hybridized carbons (Fsp3) is 0.238. The maximum atomic E-state index is 12.3. The Kier molecular flexibility index (Phi) is 5.69. The zero-order chi connectivity index (χ0) is 19.5. The largest absolute Gasteiger partial charge is 0.486 e. The molecule has 1 N–H and O–H groups in total. The molecule has 0 atom stereocenters. The first-order chi connectivity index (χ1) is 13.6. The number of ether oxygens (including phenoxy) is 1. The van der Waals surface area contributed by atoms with Crippen LogP contribution in [0.25, 0.3) is 0 Å². The third-order valence-electron chi connectivity index (χ3n) is 4.54. The number of rotatable bonds is 7. The molecule has 1 heterocycles. The number of hydrogen-bond acceptors (Lipinski definition) is 3. The molecule has 3 aromatic rings. The van der Waals surface area contributed by atoms with Crippen molar-refractivity contribution < 1.29 is 9.53 Å². The number of benzene rings is 2. The van der Waals surface area contributed by atoms with Crippen molar-refractivity contribution in [2.75, 3.05) is 5.32 Å². The number of halogens is 2. The van der Waals surface area contributed by atoms with Crippen LogP contribution in [0.15, 0.2) is 59.3 Å². The van der Waals surface area contributed by atoms with Gasteiger partial charge in [-0.25, -0.2) is 0 Å². The van der Waals surface area contributed by atoms with Crippen molar-refractivity contribution in [1.29, 1.82) is 0 Å². The van der Waals surface area contributed by atoms with Gasteiger partial charge in [-0.1, -0.05) is 51.8 Å². The van der Waals surface area contributed by atoms with Gasteiger partial charge in [0, 0.05) is 20.7 Å². The summed E-state index contributed by atoms with van der Waals surface area (Å²) in [5, 5.41) is 7.82. The van der Waals surface area contributed by atoms with Crippen molar-refractivity contribution in [3.8, 4) is 5.75 Å². The first-order valence-electron chi connectivity index (χ1n) is 9.07. The van der Waals surface area contributed by atoms with Gasteiger partial charge in [0.25, 0.3) is 0 Å². The second-order valence-corrected chi connectivity index (χ2v) is 8.06. The third-order valence-corrected chi connectivity index (χ3v) is 5.65. The number of hydrogen-bond donors (Lipinski definition) is 1. The molecule has 7 heteroatoms. The number of amides is 1. The molecule has 1 aliphatic rings. The van der Waals surface area contributed by atoms with E-state index >= 15 is 0 Å². The summed E-state index contributed by atoms with van der Waals surface area (Å²) in [5.41, 5.74) is 2.51. The van der Waals surface area contributed by atoms with Crippen LogP contribution in [-0.2, 0) is 17.8 Å². The highest BCUT2D eigenvalue weighted by Gasteiger charge is 2.24. The fourth-order valence-electron chi connectivity index (χ4n) is 2.86. The van der Waals surface area contributed by atoms with E-state index in [0.717, 1.165) is 21.3 Å². The molecule has 0 spiro atoms. The molecule has 1 aliphatic carbocycles. The number of carbonyl (C=O) groups is 1. The summed E-state index contributed by atoms with van der Waals surface area (Å²) < 4.78 is 8.66. The minimum absolute atomic E-state index is 0.114. The molecule has 2 aromatic carbocycles. The summed E-state index contributed by atoms with van der Waals surface area (Å²) >= 11 is 9.67. The molecule has 0 radical (unpaired) electrons. The van der Waals surface area contributed by atoms with Crippen LogP contribution in [0.2, 0.25) is 5.02 Å². The van der Waals surface area contributed by atoms with Crippen molar-refractivity contribution in [2.45, 2.75) is 31.9 Å². The standard InChI is InChI=1S/C21H19BrClN3O2/c22-19-10-16(25-21(27)9-14-3-1-2-4-20(14)23)6-5-15(19)13-28-18-11-24-26(12-18)17-7-8-17/h1-6,10-12,17H,7-9,13H2,(H,25,27). The molecule has 0 unspecified atom stereocenters. The maximum absolute atomic E-state index is 12.3. The lowest BCUT2D eigenvalue weighted by molar-refractivity contribution is -0.115. The Morgan fingerprint density at radius 2 is 2.07 bits per heavy atom. The van der Waals surface area contributed by atoms with Gasteiger partial charge in [0.2, 0.25) is 5.91 Å². The van der Waals surface area contributed by atoms with E-state index < -0.39 is 0 Å². The van der Waals surface area contributed by atoms with E-state index in [2.05, 4.69) is 26.3 Å². The van der Waals surface area contributed by atoms with Gasteiger partial charge in [-0.3, -0.25) is 9.48 Å². The Labute approximate surface area is 176 Å². The van der Waals surface area contributed by atoms with E-state index in [0.29, 0.717) is 23.4 Å². The average Bonchev–Trinajstić information content (AvgIpc) is 3.41. The second kappa shape index (κ2) is 8.37. The Hall–Kier alpha value is -2.31. The first kappa shape index (κ1) is 19.0. The Balaban J connectivity index is 1.34. The van der Waals surface area contributed by atoms with Crippen LogP contribution in [-0.4, -0.2) is 15.7 Å². The first-order valence-corrected chi connectivity index (χ1v) is 10.2. The summed E-state index contributed by atoms with van der Waals surface area (Å²) in [7, 11) is 0. The van der Waals surface area contributed by atoms with Gasteiger partial charge in [0.15, 0.2) is 5.75 Å². The summed E-state index contributed by atoms with van der Waals surface area (Å²) in [5.74, 6) is 0.646. The van der Waals surface area contributed by atoms with Gasteiger partial charge in [-0.15, -0.1) is 0 Å². The molecule has 144 valence electrons. The zero-order valence-electron chi connectivity index (χ0n) is 15.1. The van der Waals surface area contributed by atoms with Crippen LogP contribution in [0.4, 0.5) is 5.69 Å². The van der Waals surface area contributed by atoms with Gasteiger partial charge in [0.05, 0.1) is 24.9 Å². The van der Waals surface area contributed by atoms with Crippen molar-refractivity contribution in [3.63, 3.8) is 0 Å². The molecule has 0 bridgehead atoms. The van der Waals surface area contributed by atoms with Gasteiger partial charge < -0.3 is 10.1 Å². The van der Waals surface area contributed by atoms with Crippen LogP contribution in [0.3, 0.4) is 0 Å². The van der Waals surface area contributed by atoms with Gasteiger partial charge >= 0.3 is 0 Å². The molecule has 1 fully saturated rings. The molecule has 1 amide bonds. The number of nitrogens with zero attached hydrogens (tertiary/aromatic N) is 2. The zero-order valence-corrected chi connectivity index (χ0v) is 17.4. The summed E-state index contributed by atoms with van der Waals surface area (Å²) in [4.78, 5) is 12.3. The third kappa shape index (κ3) is 4.75. The van der Waals surface area contributed by atoms with Gasteiger partial charge in [-0.2, -0.15) is 5.10 Å². The quantitative estimate of drug-likeness (QED) is 0.514. The lowest BCUT2D eigenvalue weighted by Crippen LogP contribution is -2.14. The molecule has 4 rings (SSSR count). The maximum Gasteiger partial charge on any atom is 0.228 e. The Morgan fingerprint density at radius 3 is 2.82 bits per heavy atom. The monoisotopic (exact) mass is 459 g/mol. The van der Waals surface area contributed by atoms with Crippen molar-refractivity contribution >= 4 is 39.1 Å². The second-order valence-electron chi connectivity index (χ2n) is 6.80. The smallest absolute Gasteiger partial charge is 0.228 e. The van der Waals surface area contributed by atoms with E-state index in [1.807, 2.05) is 47.3 Å². The molecule has 0 aliphatic heterocycles. The van der Waals surface area contributed by atoms with E-state index in [4.69, 9.17) is 16.3 Å². The molecule has 28 heavy (non-hydrogen) atoms. The number of carbonyl (C=O) groups excluding carboxylic acids is 1. The van der Waals surface area contributed by atoms with Crippen molar-refractivity contribution in [1.82, 2.24) is 9.78 Å². The van der Waals surface area contributed by atoms with E-state index in [9.17, 15) is 4.79 Å². The lowest BCUT2D eigenvalue weighted by atomic mass is 10.1. The summed E-state index contributed by atoms with van der Waals surface area (Å²) in [6.07, 6.45) is 6.30. The van der Waals surface area contributed by atoms with Crippen LogP contribution in [0.5, 0.6) is 5.75 Å². The number of aromatic nitrogens is 2. The van der Waals surface area contributed by atoms with Crippen molar-refractivity contribution in [3.05, 3.63) is 75.5 Å². The Bertz CT molecular complexity index is 1000. The SMILES string of the molecule is O=C(Cc1ccccc1Cl)Nc1ccc(COc2cnn(C3CC3)c2)c(Br)c1. The van der Waals surface area contributed by atoms with Gasteiger partial charge in [-0.05, 0) is 36.6 Å². The molecular formula is C21H19BrClN3O2. The Morgan fingerprint density at radius 1 is 1.25 bits per heavy atom. The number of nitrogens with one attached hydrogen (secondary N) is 1. The normalized spacial score (nSPS) is 13.4. The fourth-order valence-corrected chi connectivity index (χ4v) is 3.55. The highest BCUT2D eigenvalue weighted by atomic mass is 79.9. The van der Waals surface area contributed by atoms with Crippen LogP contribution < -0.4 is 10.1 Å². The highest BCUT2D eigenvalue weighted by molar-refractivity contribution is 9.10. The average molecular weight is 461 g/mol. The molecule has 0 saturated heterocycles. The molecule has 1 aromatic heterocycles. The van der Waals surface area contributed by atoms with Crippen LogP contribution in [0.1, 0.15) is 30.0 Å². The predicted octanol–water partition coefficient (Wildman–Crippen LogP) is 5.39. The lowest BCUT2D eigenvalue weighted by Gasteiger charge is -2.10. The minimum Gasteiger partial charge on any atom is -0.486 e. The van der Waals surface area contributed by atoms with E-state index in [1.54, 1.807) is 12.3 Å². The minimum atomic E-state index is -0.114.